The van der Waals surface area contributed by atoms with Crippen molar-refractivity contribution < 1.29 is 14.7 Å². The van der Waals surface area contributed by atoms with Crippen LogP contribution in [0, 0.1) is 0 Å². The maximum absolute atomic E-state index is 12.4. The number of carboxylic acid groups (broad SMARTS) is 1. The summed E-state index contributed by atoms with van der Waals surface area (Å²) in [5, 5.41) is 9.07. The van der Waals surface area contributed by atoms with E-state index in [0.29, 0.717) is 22.9 Å². The molecule has 2 rings (SSSR count). The summed E-state index contributed by atoms with van der Waals surface area (Å²) < 4.78 is 0. The van der Waals surface area contributed by atoms with Gasteiger partial charge in [-0.1, -0.05) is 11.6 Å². The number of anilines is 1. The van der Waals surface area contributed by atoms with Crippen molar-refractivity contribution in [3.63, 3.8) is 0 Å². The van der Waals surface area contributed by atoms with Crippen LogP contribution in [0.3, 0.4) is 0 Å². The normalized spacial score (nSPS) is 14.7. The first-order chi connectivity index (χ1) is 10.5. The van der Waals surface area contributed by atoms with Crippen LogP contribution in [0.25, 0.3) is 0 Å². The molecule has 1 aliphatic heterocycles. The molecule has 0 aromatic carbocycles. The number of rotatable bonds is 5. The number of nitrogens with zero attached hydrogens (tertiary/aromatic N) is 3. The average Bonchev–Trinajstić information content (AvgIpc) is 2.52. The third-order valence-corrected chi connectivity index (χ3v) is 4.01. The molecule has 1 N–H and O–H groups in total. The van der Waals surface area contributed by atoms with Gasteiger partial charge in [-0.3, -0.25) is 9.59 Å². The minimum Gasteiger partial charge on any atom is -0.481 e. The van der Waals surface area contributed by atoms with Crippen molar-refractivity contribution in [3.05, 3.63) is 22.8 Å². The fourth-order valence-electron chi connectivity index (χ4n) is 2.48. The van der Waals surface area contributed by atoms with Gasteiger partial charge in [0, 0.05) is 32.9 Å². The smallest absolute Gasteiger partial charge is 0.305 e. The van der Waals surface area contributed by atoms with Crippen LogP contribution in [-0.4, -0.2) is 53.5 Å². The highest BCUT2D eigenvalue weighted by molar-refractivity contribution is 6.33. The molecule has 6 nitrogen and oxygen atoms in total. The molecule has 1 amide bonds. The van der Waals surface area contributed by atoms with Gasteiger partial charge in [-0.15, -0.1) is 0 Å². The molecule has 0 saturated carbocycles. The summed E-state index contributed by atoms with van der Waals surface area (Å²) in [6.45, 7) is 1.86. The van der Waals surface area contributed by atoms with E-state index >= 15 is 0 Å². The first-order valence-corrected chi connectivity index (χ1v) is 7.74. The second-order valence-electron chi connectivity index (χ2n) is 5.45. The van der Waals surface area contributed by atoms with Crippen molar-refractivity contribution >= 4 is 29.3 Å². The number of amides is 1. The van der Waals surface area contributed by atoms with Gasteiger partial charge in [-0.05, 0) is 25.3 Å². The molecule has 0 spiro atoms. The lowest BCUT2D eigenvalue weighted by molar-refractivity contribution is -0.136. The van der Waals surface area contributed by atoms with E-state index in [2.05, 4.69) is 4.98 Å². The molecule has 2 heterocycles. The SMILES string of the molecule is CN(CCC(=O)O)c1ncc(C(=O)N2CCCCC2)cc1Cl. The zero-order valence-corrected chi connectivity index (χ0v) is 13.3. The van der Waals surface area contributed by atoms with Gasteiger partial charge in [0.2, 0.25) is 0 Å². The van der Waals surface area contributed by atoms with Gasteiger partial charge in [0.1, 0.15) is 5.82 Å². The lowest BCUT2D eigenvalue weighted by Crippen LogP contribution is -2.35. The Labute approximate surface area is 134 Å². The summed E-state index contributed by atoms with van der Waals surface area (Å²) >= 11 is 6.20. The summed E-state index contributed by atoms with van der Waals surface area (Å²) in [6.07, 6.45) is 4.74. The summed E-state index contributed by atoms with van der Waals surface area (Å²) in [7, 11) is 1.73. The molecule has 22 heavy (non-hydrogen) atoms. The lowest BCUT2D eigenvalue weighted by atomic mass is 10.1. The molecule has 0 unspecified atom stereocenters. The predicted molar refractivity (Wildman–Crippen MR) is 84.5 cm³/mol. The highest BCUT2D eigenvalue weighted by Crippen LogP contribution is 2.24. The number of carbonyl (C=O) groups excluding carboxylic acids is 1. The van der Waals surface area contributed by atoms with Crippen molar-refractivity contribution in [1.82, 2.24) is 9.88 Å². The van der Waals surface area contributed by atoms with Crippen LogP contribution in [0.15, 0.2) is 12.3 Å². The Morgan fingerprint density at radius 2 is 2.05 bits per heavy atom. The van der Waals surface area contributed by atoms with Crippen LogP contribution < -0.4 is 4.90 Å². The zero-order valence-electron chi connectivity index (χ0n) is 12.6. The molecule has 120 valence electrons. The number of aliphatic carboxylic acids is 1. The monoisotopic (exact) mass is 325 g/mol. The highest BCUT2D eigenvalue weighted by Gasteiger charge is 2.20. The number of hydrogen-bond acceptors (Lipinski definition) is 4. The quantitative estimate of drug-likeness (QED) is 0.899. The number of piperidine rings is 1. The van der Waals surface area contributed by atoms with E-state index in [9.17, 15) is 9.59 Å². The van der Waals surface area contributed by atoms with E-state index in [1.165, 1.54) is 6.20 Å². The molecule has 7 heteroatoms. The Hall–Kier alpha value is -1.82. The predicted octanol–water partition coefficient (Wildman–Crippen LogP) is 2.27. The Balaban J connectivity index is 2.08. The van der Waals surface area contributed by atoms with E-state index in [4.69, 9.17) is 16.7 Å². The first kappa shape index (κ1) is 16.5. The van der Waals surface area contributed by atoms with Gasteiger partial charge in [-0.25, -0.2) is 4.98 Å². The van der Waals surface area contributed by atoms with Crippen molar-refractivity contribution in [2.24, 2.45) is 0 Å². The molecule has 0 radical (unpaired) electrons. The lowest BCUT2D eigenvalue weighted by Gasteiger charge is -2.27. The fourth-order valence-corrected chi connectivity index (χ4v) is 2.79. The summed E-state index contributed by atoms with van der Waals surface area (Å²) in [6, 6.07) is 1.61. The standard InChI is InChI=1S/C15H20ClN3O3/c1-18(8-5-13(20)21)14-12(16)9-11(10-17-14)15(22)19-6-3-2-4-7-19/h9-10H,2-8H2,1H3,(H,20,21). The van der Waals surface area contributed by atoms with Crippen molar-refractivity contribution in [1.29, 1.82) is 0 Å². The maximum atomic E-state index is 12.4. The molecule has 1 aromatic rings. The molecule has 1 aromatic heterocycles. The number of likely N-dealkylation sites (tertiary alicyclic amines) is 1. The summed E-state index contributed by atoms with van der Waals surface area (Å²) in [5.41, 5.74) is 0.474. The van der Waals surface area contributed by atoms with Gasteiger partial charge in [0.25, 0.3) is 5.91 Å². The van der Waals surface area contributed by atoms with Gasteiger partial charge < -0.3 is 14.9 Å². The Kier molecular flexibility index (Phi) is 5.60. The van der Waals surface area contributed by atoms with Crippen molar-refractivity contribution in [2.75, 3.05) is 31.6 Å². The highest BCUT2D eigenvalue weighted by atomic mass is 35.5. The molecule has 1 aliphatic rings. The van der Waals surface area contributed by atoms with E-state index in [-0.39, 0.29) is 12.3 Å². The van der Waals surface area contributed by atoms with Crippen LogP contribution in [0.2, 0.25) is 5.02 Å². The van der Waals surface area contributed by atoms with Crippen LogP contribution in [0.1, 0.15) is 36.0 Å². The van der Waals surface area contributed by atoms with E-state index in [1.807, 2.05) is 4.90 Å². The van der Waals surface area contributed by atoms with Crippen LogP contribution >= 0.6 is 11.6 Å². The largest absolute Gasteiger partial charge is 0.481 e. The molecule has 0 atom stereocenters. The molecular formula is C15H20ClN3O3. The molecule has 0 aliphatic carbocycles. The number of carboxylic acids is 1. The van der Waals surface area contributed by atoms with Gasteiger partial charge in [-0.2, -0.15) is 0 Å². The number of halogens is 1. The minimum absolute atomic E-state index is 0.00295. The topological polar surface area (TPSA) is 73.7 Å². The number of carbonyl (C=O) groups is 2. The molecule has 0 bridgehead atoms. The van der Waals surface area contributed by atoms with Crippen molar-refractivity contribution in [3.8, 4) is 0 Å². The van der Waals surface area contributed by atoms with Gasteiger partial charge in [0.05, 0.1) is 17.0 Å². The Bertz CT molecular complexity index is 559. The maximum Gasteiger partial charge on any atom is 0.305 e. The summed E-state index contributed by atoms with van der Waals surface area (Å²) in [5.74, 6) is -0.438. The van der Waals surface area contributed by atoms with Crippen LogP contribution in [-0.2, 0) is 4.79 Å². The first-order valence-electron chi connectivity index (χ1n) is 7.37. The third kappa shape index (κ3) is 4.10. The molecule has 1 saturated heterocycles. The Morgan fingerprint density at radius 1 is 1.36 bits per heavy atom. The fraction of sp³-hybridized carbons (Fsp3) is 0.533. The van der Waals surface area contributed by atoms with Gasteiger partial charge in [0.15, 0.2) is 0 Å². The molecular weight excluding hydrogens is 306 g/mol. The van der Waals surface area contributed by atoms with Crippen molar-refractivity contribution in [2.45, 2.75) is 25.7 Å². The van der Waals surface area contributed by atoms with E-state index < -0.39 is 5.97 Å². The summed E-state index contributed by atoms with van der Waals surface area (Å²) in [4.78, 5) is 30.7. The number of pyridine rings is 1. The van der Waals surface area contributed by atoms with Crippen LogP contribution in [0.5, 0.6) is 0 Å². The Morgan fingerprint density at radius 3 is 2.64 bits per heavy atom. The third-order valence-electron chi connectivity index (χ3n) is 3.73. The van der Waals surface area contributed by atoms with Crippen LogP contribution in [0.4, 0.5) is 5.82 Å². The number of hydrogen-bond donors (Lipinski definition) is 1. The zero-order chi connectivity index (χ0) is 16.1. The van der Waals surface area contributed by atoms with E-state index in [0.717, 1.165) is 32.4 Å². The van der Waals surface area contributed by atoms with E-state index in [1.54, 1.807) is 18.0 Å². The second-order valence-corrected chi connectivity index (χ2v) is 5.85. The minimum atomic E-state index is -0.875. The molecule has 1 fully saturated rings. The second kappa shape index (κ2) is 7.45. The number of aromatic nitrogens is 1. The van der Waals surface area contributed by atoms with Gasteiger partial charge >= 0.3 is 5.97 Å². The average molecular weight is 326 g/mol.